The average Bonchev–Trinajstić information content (AvgIpc) is 2.49. The molecule has 4 nitrogen and oxygen atoms in total. The van der Waals surface area contributed by atoms with Gasteiger partial charge >= 0.3 is 0 Å². The van der Waals surface area contributed by atoms with Crippen molar-refractivity contribution in [3.8, 4) is 11.5 Å². The molecule has 3 N–H and O–H groups in total. The monoisotopic (exact) mass is 292 g/mol. The summed E-state index contributed by atoms with van der Waals surface area (Å²) >= 11 is 1.51. The maximum Gasteiger partial charge on any atom is 0.170 e. The molecule has 2 rings (SSSR count). The van der Waals surface area contributed by atoms with Gasteiger partial charge in [0.1, 0.15) is 5.75 Å². The molecule has 2 aromatic rings. The molecule has 0 spiro atoms. The largest absolute Gasteiger partial charge is 0.453 e. The van der Waals surface area contributed by atoms with Crippen LogP contribution in [0.5, 0.6) is 11.5 Å². The van der Waals surface area contributed by atoms with E-state index in [1.165, 1.54) is 23.9 Å². The molecule has 104 valence electrons. The van der Waals surface area contributed by atoms with Gasteiger partial charge in [-0.25, -0.2) is 4.39 Å². The Morgan fingerprint density at radius 2 is 2.00 bits per heavy atom. The summed E-state index contributed by atoms with van der Waals surface area (Å²) in [5, 5.41) is 11.4. The Bertz CT molecular complexity index is 647. The third-order valence-electron chi connectivity index (χ3n) is 2.62. The van der Waals surface area contributed by atoms with Gasteiger partial charge in [-0.05, 0) is 36.6 Å². The number of para-hydroxylation sites is 1. The van der Waals surface area contributed by atoms with Crippen LogP contribution in [0, 0.1) is 5.82 Å². The predicted molar refractivity (Wildman–Crippen MR) is 77.2 cm³/mol. The van der Waals surface area contributed by atoms with Crippen molar-refractivity contribution in [2.75, 3.05) is 6.26 Å². The Kier molecular flexibility index (Phi) is 4.47. The standard InChI is InChI=1S/C14H13FN2O2S/c1-20-13-5-3-2-4-12(13)19-11-7-6-9(8-10(11)15)14(16)17-18/h2-8,18H,1H3,(H2,16,17). The minimum absolute atomic E-state index is 0.0842. The highest BCUT2D eigenvalue weighted by Gasteiger charge is 2.10. The van der Waals surface area contributed by atoms with E-state index in [4.69, 9.17) is 15.7 Å². The van der Waals surface area contributed by atoms with Gasteiger partial charge in [-0.15, -0.1) is 11.8 Å². The van der Waals surface area contributed by atoms with Crippen LogP contribution in [0.25, 0.3) is 0 Å². The van der Waals surface area contributed by atoms with Crippen molar-refractivity contribution < 1.29 is 14.3 Å². The SMILES string of the molecule is CSc1ccccc1Oc1ccc(C(N)=NO)cc1F. The van der Waals surface area contributed by atoms with E-state index in [0.717, 1.165) is 11.0 Å². The lowest BCUT2D eigenvalue weighted by Crippen LogP contribution is -2.13. The van der Waals surface area contributed by atoms with E-state index < -0.39 is 5.82 Å². The number of hydrogen-bond acceptors (Lipinski definition) is 4. The maximum atomic E-state index is 13.9. The lowest BCUT2D eigenvalue weighted by atomic mass is 10.2. The fourth-order valence-corrected chi connectivity index (χ4v) is 2.15. The van der Waals surface area contributed by atoms with Crippen molar-refractivity contribution in [3.63, 3.8) is 0 Å². The molecule has 2 aromatic carbocycles. The second-order valence-electron chi connectivity index (χ2n) is 3.88. The summed E-state index contributed by atoms with van der Waals surface area (Å²) in [5.41, 5.74) is 5.69. The van der Waals surface area contributed by atoms with Crippen LogP contribution in [0.3, 0.4) is 0 Å². The number of rotatable bonds is 4. The molecule has 0 aromatic heterocycles. The molecule has 0 fully saturated rings. The first-order chi connectivity index (χ1) is 9.65. The van der Waals surface area contributed by atoms with Crippen molar-refractivity contribution in [1.29, 1.82) is 0 Å². The molecular formula is C14H13FN2O2S. The fraction of sp³-hybridized carbons (Fsp3) is 0.0714. The number of oxime groups is 1. The van der Waals surface area contributed by atoms with Gasteiger partial charge in [0.2, 0.25) is 0 Å². The number of hydrogen-bond donors (Lipinski definition) is 2. The van der Waals surface area contributed by atoms with Crippen LogP contribution in [0.2, 0.25) is 0 Å². The highest BCUT2D eigenvalue weighted by atomic mass is 32.2. The zero-order chi connectivity index (χ0) is 14.5. The molecule has 0 aliphatic carbocycles. The normalized spacial score (nSPS) is 11.4. The first-order valence-electron chi connectivity index (χ1n) is 5.74. The maximum absolute atomic E-state index is 13.9. The average molecular weight is 292 g/mol. The number of benzene rings is 2. The van der Waals surface area contributed by atoms with Crippen molar-refractivity contribution in [2.45, 2.75) is 4.90 Å². The molecule has 20 heavy (non-hydrogen) atoms. The molecular weight excluding hydrogens is 279 g/mol. The summed E-state index contributed by atoms with van der Waals surface area (Å²) in [6.45, 7) is 0. The molecule has 0 heterocycles. The summed E-state index contributed by atoms with van der Waals surface area (Å²) < 4.78 is 19.5. The van der Waals surface area contributed by atoms with Crippen LogP contribution in [-0.2, 0) is 0 Å². The van der Waals surface area contributed by atoms with Gasteiger partial charge in [-0.3, -0.25) is 0 Å². The predicted octanol–water partition coefficient (Wildman–Crippen LogP) is 3.43. The number of nitrogens with zero attached hydrogens (tertiary/aromatic N) is 1. The van der Waals surface area contributed by atoms with E-state index in [2.05, 4.69) is 5.16 Å². The quantitative estimate of drug-likeness (QED) is 0.298. The Labute approximate surface area is 120 Å². The molecule has 0 aliphatic rings. The van der Waals surface area contributed by atoms with Crippen LogP contribution in [-0.4, -0.2) is 17.3 Å². The summed E-state index contributed by atoms with van der Waals surface area (Å²) in [4.78, 5) is 0.910. The molecule has 0 unspecified atom stereocenters. The smallest absolute Gasteiger partial charge is 0.170 e. The second kappa shape index (κ2) is 6.29. The fourth-order valence-electron chi connectivity index (χ4n) is 1.62. The van der Waals surface area contributed by atoms with E-state index in [1.807, 2.05) is 24.5 Å². The minimum Gasteiger partial charge on any atom is -0.453 e. The number of halogens is 1. The number of nitrogens with two attached hydrogens (primary N) is 1. The summed E-state index contributed by atoms with van der Waals surface area (Å²) in [7, 11) is 0. The Morgan fingerprint density at radius 3 is 2.65 bits per heavy atom. The van der Waals surface area contributed by atoms with Crippen LogP contribution >= 0.6 is 11.8 Å². The number of ether oxygens (including phenoxy) is 1. The summed E-state index contributed by atoms with van der Waals surface area (Å²) in [6.07, 6.45) is 1.92. The molecule has 6 heteroatoms. The van der Waals surface area contributed by atoms with Crippen LogP contribution in [0.1, 0.15) is 5.56 Å². The van der Waals surface area contributed by atoms with Crippen molar-refractivity contribution in [2.24, 2.45) is 10.9 Å². The lowest BCUT2D eigenvalue weighted by molar-refractivity contribution is 0.318. The third kappa shape index (κ3) is 3.03. The van der Waals surface area contributed by atoms with E-state index >= 15 is 0 Å². The summed E-state index contributed by atoms with van der Waals surface area (Å²) in [6, 6.07) is 11.5. The minimum atomic E-state index is -0.579. The van der Waals surface area contributed by atoms with Crippen molar-refractivity contribution in [1.82, 2.24) is 0 Å². The van der Waals surface area contributed by atoms with Gasteiger partial charge < -0.3 is 15.7 Å². The molecule has 0 saturated heterocycles. The van der Waals surface area contributed by atoms with E-state index in [1.54, 1.807) is 6.07 Å². The zero-order valence-electron chi connectivity index (χ0n) is 10.7. The van der Waals surface area contributed by atoms with Gasteiger partial charge in [0.25, 0.3) is 0 Å². The first kappa shape index (κ1) is 14.2. The highest BCUT2D eigenvalue weighted by molar-refractivity contribution is 7.98. The molecule has 0 radical (unpaired) electrons. The lowest BCUT2D eigenvalue weighted by Gasteiger charge is -2.10. The van der Waals surface area contributed by atoms with Gasteiger partial charge in [0, 0.05) is 10.5 Å². The number of thioether (sulfide) groups is 1. The third-order valence-corrected chi connectivity index (χ3v) is 3.40. The van der Waals surface area contributed by atoms with Gasteiger partial charge in [-0.2, -0.15) is 0 Å². The Balaban J connectivity index is 2.30. The van der Waals surface area contributed by atoms with Gasteiger partial charge in [-0.1, -0.05) is 17.3 Å². The van der Waals surface area contributed by atoms with Gasteiger partial charge in [0.05, 0.1) is 0 Å². The highest BCUT2D eigenvalue weighted by Crippen LogP contribution is 2.32. The van der Waals surface area contributed by atoms with E-state index in [9.17, 15) is 4.39 Å². The second-order valence-corrected chi connectivity index (χ2v) is 4.73. The van der Waals surface area contributed by atoms with E-state index in [-0.39, 0.29) is 17.1 Å². The topological polar surface area (TPSA) is 67.8 Å². The van der Waals surface area contributed by atoms with Crippen LogP contribution < -0.4 is 10.5 Å². The van der Waals surface area contributed by atoms with E-state index in [0.29, 0.717) is 5.75 Å². The molecule has 0 saturated carbocycles. The molecule has 0 bridgehead atoms. The molecule has 0 amide bonds. The Hall–Kier alpha value is -2.21. The van der Waals surface area contributed by atoms with Gasteiger partial charge in [0.15, 0.2) is 17.4 Å². The Morgan fingerprint density at radius 1 is 1.25 bits per heavy atom. The van der Waals surface area contributed by atoms with Crippen LogP contribution in [0.15, 0.2) is 52.5 Å². The zero-order valence-corrected chi connectivity index (χ0v) is 11.5. The number of amidine groups is 1. The molecule has 0 atom stereocenters. The first-order valence-corrected chi connectivity index (χ1v) is 6.96. The van der Waals surface area contributed by atoms with Crippen molar-refractivity contribution >= 4 is 17.6 Å². The molecule has 0 aliphatic heterocycles. The van der Waals surface area contributed by atoms with Crippen molar-refractivity contribution in [3.05, 3.63) is 53.8 Å². The van der Waals surface area contributed by atoms with Crippen LogP contribution in [0.4, 0.5) is 4.39 Å². The summed E-state index contributed by atoms with van der Waals surface area (Å²) in [5.74, 6) is -0.0681.